The van der Waals surface area contributed by atoms with E-state index < -0.39 is 5.54 Å². The Labute approximate surface area is 142 Å². The third-order valence-electron chi connectivity index (χ3n) is 4.79. The number of anilines is 1. The van der Waals surface area contributed by atoms with E-state index in [1.54, 1.807) is 0 Å². The van der Waals surface area contributed by atoms with E-state index in [-0.39, 0.29) is 5.91 Å². The van der Waals surface area contributed by atoms with Crippen molar-refractivity contribution >= 4 is 23.4 Å². The number of hydrogen-bond donors (Lipinski definition) is 2. The summed E-state index contributed by atoms with van der Waals surface area (Å²) in [5.41, 5.74) is 7.65. The maximum atomic E-state index is 12.4. The van der Waals surface area contributed by atoms with Gasteiger partial charge in [-0.1, -0.05) is 25.0 Å². The predicted octanol–water partition coefficient (Wildman–Crippen LogP) is 3.31. The molecule has 0 unspecified atom stereocenters. The van der Waals surface area contributed by atoms with E-state index in [1.165, 1.54) is 5.56 Å². The average molecular weight is 334 g/mol. The zero-order valence-electron chi connectivity index (χ0n) is 13.6. The molecular formula is C18H26N2O2S. The fraction of sp³-hybridized carbons (Fsp3) is 0.611. The molecule has 0 atom stereocenters. The molecule has 0 bridgehead atoms. The molecule has 1 saturated carbocycles. The molecule has 1 aliphatic heterocycles. The number of hydrogen-bond acceptors (Lipinski definition) is 4. The Kier molecular flexibility index (Phi) is 5.62. The highest BCUT2D eigenvalue weighted by molar-refractivity contribution is 7.99. The van der Waals surface area contributed by atoms with Crippen molar-refractivity contribution in [2.45, 2.75) is 55.1 Å². The van der Waals surface area contributed by atoms with Crippen molar-refractivity contribution in [1.82, 2.24) is 0 Å². The first-order valence-electron chi connectivity index (χ1n) is 8.54. The second-order valence-electron chi connectivity index (χ2n) is 6.64. The lowest BCUT2D eigenvalue weighted by atomic mass is 9.98. The number of benzene rings is 1. The molecule has 0 spiro atoms. The van der Waals surface area contributed by atoms with Gasteiger partial charge in [-0.3, -0.25) is 4.79 Å². The molecule has 5 heteroatoms. The van der Waals surface area contributed by atoms with Crippen LogP contribution in [0, 0.1) is 0 Å². The van der Waals surface area contributed by atoms with Crippen LogP contribution in [0.25, 0.3) is 0 Å². The Morgan fingerprint density at radius 1 is 1.30 bits per heavy atom. The van der Waals surface area contributed by atoms with Crippen LogP contribution in [0.3, 0.4) is 0 Å². The molecule has 1 heterocycles. The van der Waals surface area contributed by atoms with E-state index in [0.29, 0.717) is 5.25 Å². The summed E-state index contributed by atoms with van der Waals surface area (Å²) in [6.45, 7) is 1.76. The van der Waals surface area contributed by atoms with Crippen molar-refractivity contribution in [1.29, 1.82) is 0 Å². The molecule has 1 aromatic carbocycles. The molecule has 1 amide bonds. The van der Waals surface area contributed by atoms with E-state index in [4.69, 9.17) is 10.5 Å². The van der Waals surface area contributed by atoms with Gasteiger partial charge in [0.2, 0.25) is 5.91 Å². The first-order valence-corrected chi connectivity index (χ1v) is 9.59. The van der Waals surface area contributed by atoms with Crippen LogP contribution in [0.15, 0.2) is 24.3 Å². The van der Waals surface area contributed by atoms with Gasteiger partial charge in [-0.2, -0.15) is 11.8 Å². The van der Waals surface area contributed by atoms with Crippen molar-refractivity contribution in [3.8, 4) is 0 Å². The van der Waals surface area contributed by atoms with Crippen LogP contribution in [-0.4, -0.2) is 29.9 Å². The number of ether oxygens (including phenoxy) is 1. The van der Waals surface area contributed by atoms with Gasteiger partial charge in [0.05, 0.1) is 5.54 Å². The van der Waals surface area contributed by atoms with Crippen molar-refractivity contribution in [2.75, 3.05) is 18.5 Å². The zero-order valence-corrected chi connectivity index (χ0v) is 14.4. The number of carbonyl (C=O) groups is 1. The smallest absolute Gasteiger partial charge is 0.244 e. The van der Waals surface area contributed by atoms with Gasteiger partial charge in [0.25, 0.3) is 0 Å². The molecule has 1 saturated heterocycles. The number of carbonyl (C=O) groups excluding carboxylic acids is 1. The van der Waals surface area contributed by atoms with Gasteiger partial charge < -0.3 is 15.8 Å². The second-order valence-corrected chi connectivity index (χ2v) is 7.93. The van der Waals surface area contributed by atoms with Gasteiger partial charge in [-0.15, -0.1) is 0 Å². The second kappa shape index (κ2) is 7.69. The molecule has 0 radical (unpaired) electrons. The summed E-state index contributed by atoms with van der Waals surface area (Å²) in [6.07, 6.45) is 5.95. The van der Waals surface area contributed by atoms with Crippen molar-refractivity contribution < 1.29 is 9.53 Å². The van der Waals surface area contributed by atoms with Gasteiger partial charge in [0, 0.05) is 29.9 Å². The SMILES string of the molecule is NC1(C(=O)Nc2cccc(CSC3CCOCC3)c2)CCCC1. The van der Waals surface area contributed by atoms with Gasteiger partial charge in [-0.25, -0.2) is 0 Å². The summed E-state index contributed by atoms with van der Waals surface area (Å²) < 4.78 is 5.40. The van der Waals surface area contributed by atoms with Crippen LogP contribution in [0.1, 0.15) is 44.1 Å². The largest absolute Gasteiger partial charge is 0.381 e. The number of nitrogens with two attached hydrogens (primary N) is 1. The van der Waals surface area contributed by atoms with Crippen molar-refractivity contribution in [3.05, 3.63) is 29.8 Å². The Morgan fingerprint density at radius 2 is 2.04 bits per heavy atom. The van der Waals surface area contributed by atoms with Crippen LogP contribution in [0.2, 0.25) is 0 Å². The first-order chi connectivity index (χ1) is 11.2. The maximum Gasteiger partial charge on any atom is 0.244 e. The summed E-state index contributed by atoms with van der Waals surface area (Å²) in [7, 11) is 0. The number of nitrogens with one attached hydrogen (secondary N) is 1. The zero-order chi connectivity index (χ0) is 16.1. The lowest BCUT2D eigenvalue weighted by Gasteiger charge is -2.23. The highest BCUT2D eigenvalue weighted by atomic mass is 32.2. The van der Waals surface area contributed by atoms with Crippen LogP contribution < -0.4 is 11.1 Å². The first kappa shape index (κ1) is 16.8. The van der Waals surface area contributed by atoms with Gasteiger partial charge in [0.1, 0.15) is 0 Å². The molecule has 3 N–H and O–H groups in total. The fourth-order valence-corrected chi connectivity index (χ4v) is 4.42. The normalized spacial score (nSPS) is 21.3. The summed E-state index contributed by atoms with van der Waals surface area (Å²) in [5.74, 6) is 0.937. The minimum absolute atomic E-state index is 0.0377. The monoisotopic (exact) mass is 334 g/mol. The summed E-state index contributed by atoms with van der Waals surface area (Å²) >= 11 is 1.99. The van der Waals surface area contributed by atoms with E-state index >= 15 is 0 Å². The molecular weight excluding hydrogens is 308 g/mol. The minimum Gasteiger partial charge on any atom is -0.381 e. The summed E-state index contributed by atoms with van der Waals surface area (Å²) in [4.78, 5) is 12.4. The molecule has 2 aliphatic rings. The Balaban J connectivity index is 1.55. The highest BCUT2D eigenvalue weighted by Crippen LogP contribution is 2.29. The van der Waals surface area contributed by atoms with Gasteiger partial charge >= 0.3 is 0 Å². The third-order valence-corrected chi connectivity index (χ3v) is 6.23. The quantitative estimate of drug-likeness (QED) is 0.867. The summed E-state index contributed by atoms with van der Waals surface area (Å²) in [6, 6.07) is 8.14. The van der Waals surface area contributed by atoms with Crippen LogP contribution in [0.4, 0.5) is 5.69 Å². The minimum atomic E-state index is -0.674. The van der Waals surface area contributed by atoms with Crippen LogP contribution >= 0.6 is 11.8 Å². The lowest BCUT2D eigenvalue weighted by Crippen LogP contribution is -2.48. The molecule has 3 rings (SSSR count). The predicted molar refractivity (Wildman–Crippen MR) is 95.6 cm³/mol. The molecule has 126 valence electrons. The Morgan fingerprint density at radius 3 is 2.78 bits per heavy atom. The van der Waals surface area contributed by atoms with Crippen molar-refractivity contribution in [3.63, 3.8) is 0 Å². The Bertz CT molecular complexity index is 538. The summed E-state index contributed by atoms with van der Waals surface area (Å²) in [5, 5.41) is 3.70. The van der Waals surface area contributed by atoms with Crippen LogP contribution in [-0.2, 0) is 15.3 Å². The van der Waals surface area contributed by atoms with Crippen LogP contribution in [0.5, 0.6) is 0 Å². The van der Waals surface area contributed by atoms with E-state index in [0.717, 1.165) is 63.2 Å². The standard InChI is InChI=1S/C18H26N2O2S/c19-18(8-1-2-9-18)17(21)20-15-5-3-4-14(12-15)13-23-16-6-10-22-11-7-16/h3-5,12,16H,1-2,6-11,13,19H2,(H,20,21). The topological polar surface area (TPSA) is 64.4 Å². The molecule has 0 aromatic heterocycles. The number of thioether (sulfide) groups is 1. The lowest BCUT2D eigenvalue weighted by molar-refractivity contribution is -0.121. The molecule has 1 aliphatic carbocycles. The highest BCUT2D eigenvalue weighted by Gasteiger charge is 2.36. The van der Waals surface area contributed by atoms with Crippen molar-refractivity contribution in [2.24, 2.45) is 5.73 Å². The van der Waals surface area contributed by atoms with E-state index in [9.17, 15) is 4.79 Å². The van der Waals surface area contributed by atoms with Gasteiger partial charge in [-0.05, 0) is 43.4 Å². The molecule has 1 aromatic rings. The average Bonchev–Trinajstić information content (AvgIpc) is 3.02. The maximum absolute atomic E-state index is 12.4. The Hall–Kier alpha value is -1.04. The number of rotatable bonds is 5. The van der Waals surface area contributed by atoms with E-state index in [2.05, 4.69) is 17.4 Å². The molecule has 23 heavy (non-hydrogen) atoms. The third kappa shape index (κ3) is 4.49. The van der Waals surface area contributed by atoms with Gasteiger partial charge in [0.15, 0.2) is 0 Å². The molecule has 4 nitrogen and oxygen atoms in total. The fourth-order valence-electron chi connectivity index (χ4n) is 3.28. The molecule has 2 fully saturated rings. The van der Waals surface area contributed by atoms with E-state index in [1.807, 2.05) is 23.9 Å². The number of amides is 1.